The van der Waals surface area contributed by atoms with Crippen LogP contribution < -0.4 is 0 Å². The number of aliphatic carboxylic acids is 1. The van der Waals surface area contributed by atoms with Crippen molar-refractivity contribution in [2.24, 2.45) is 0 Å². The Morgan fingerprint density at radius 2 is 2.19 bits per heavy atom. The van der Waals surface area contributed by atoms with Crippen LogP contribution in [0.25, 0.3) is 6.08 Å². The Bertz CT molecular complexity index is 500. The molecule has 0 fully saturated rings. The molecule has 1 rings (SSSR count). The number of benzene rings is 1. The molecule has 1 aromatic carbocycles. The summed E-state index contributed by atoms with van der Waals surface area (Å²) in [7, 11) is 1.96. The zero-order chi connectivity index (χ0) is 15.8. The van der Waals surface area contributed by atoms with Gasteiger partial charge < -0.3 is 9.84 Å². The van der Waals surface area contributed by atoms with Gasteiger partial charge in [-0.15, -0.1) is 0 Å². The second-order valence-electron chi connectivity index (χ2n) is 5.18. The molecule has 0 aliphatic carbocycles. The van der Waals surface area contributed by atoms with Gasteiger partial charge in [0.25, 0.3) is 0 Å². The van der Waals surface area contributed by atoms with Crippen molar-refractivity contribution in [1.82, 2.24) is 4.90 Å². The molecule has 1 N–H and O–H groups in total. The van der Waals surface area contributed by atoms with Crippen LogP contribution in [0.3, 0.4) is 0 Å². The summed E-state index contributed by atoms with van der Waals surface area (Å²) >= 11 is 0. The van der Waals surface area contributed by atoms with Crippen molar-refractivity contribution < 1.29 is 19.0 Å². The van der Waals surface area contributed by atoms with Crippen LogP contribution >= 0.6 is 0 Å². The monoisotopic (exact) mass is 295 g/mol. The van der Waals surface area contributed by atoms with E-state index in [1.54, 1.807) is 12.1 Å². The number of halogens is 1. The number of likely N-dealkylation sites (N-methyl/N-ethyl adjacent to an activating group) is 1. The smallest absolute Gasteiger partial charge is 0.328 e. The first-order chi connectivity index (χ1) is 9.88. The van der Waals surface area contributed by atoms with E-state index in [1.165, 1.54) is 12.1 Å². The van der Waals surface area contributed by atoms with Gasteiger partial charge in [-0.2, -0.15) is 0 Å². The van der Waals surface area contributed by atoms with Crippen LogP contribution in [0, 0.1) is 5.82 Å². The van der Waals surface area contributed by atoms with Crippen molar-refractivity contribution >= 4 is 12.0 Å². The van der Waals surface area contributed by atoms with Crippen LogP contribution in [0.1, 0.15) is 25.0 Å². The fourth-order valence-corrected chi connectivity index (χ4v) is 1.82. The predicted molar refractivity (Wildman–Crippen MR) is 80.5 cm³/mol. The third-order valence-electron chi connectivity index (χ3n) is 2.84. The van der Waals surface area contributed by atoms with Gasteiger partial charge in [-0.3, -0.25) is 4.90 Å². The van der Waals surface area contributed by atoms with E-state index in [1.807, 2.05) is 20.9 Å². The molecule has 0 aliphatic rings. The van der Waals surface area contributed by atoms with E-state index < -0.39 is 11.8 Å². The maximum absolute atomic E-state index is 13.6. The number of hydrogen-bond acceptors (Lipinski definition) is 3. The Morgan fingerprint density at radius 3 is 2.81 bits per heavy atom. The third kappa shape index (κ3) is 7.02. The van der Waals surface area contributed by atoms with E-state index in [2.05, 4.69) is 4.90 Å². The standard InChI is InChI=1S/C16H22FNO3/c1-12(2)21-9-8-18(3)11-13-4-6-15(17)14(10-13)5-7-16(19)20/h4-7,10,12H,8-9,11H2,1-3H3,(H,19,20)/b7-5+. The second-order valence-corrected chi connectivity index (χ2v) is 5.18. The summed E-state index contributed by atoms with van der Waals surface area (Å²) in [5.41, 5.74) is 1.20. The van der Waals surface area contributed by atoms with E-state index in [9.17, 15) is 9.18 Å². The minimum absolute atomic E-state index is 0.206. The van der Waals surface area contributed by atoms with E-state index in [0.29, 0.717) is 13.2 Å². The predicted octanol–water partition coefficient (Wildman–Crippen LogP) is 2.78. The topological polar surface area (TPSA) is 49.8 Å². The van der Waals surface area contributed by atoms with Crippen molar-refractivity contribution in [1.29, 1.82) is 0 Å². The van der Waals surface area contributed by atoms with Crippen LogP contribution in [0.5, 0.6) is 0 Å². The highest BCUT2D eigenvalue weighted by atomic mass is 19.1. The molecule has 0 spiro atoms. The summed E-state index contributed by atoms with van der Waals surface area (Å²) in [4.78, 5) is 12.6. The highest BCUT2D eigenvalue weighted by Gasteiger charge is 2.05. The Balaban J connectivity index is 2.63. The lowest BCUT2D eigenvalue weighted by atomic mass is 10.1. The lowest BCUT2D eigenvalue weighted by Gasteiger charge is -2.18. The number of hydrogen-bond donors (Lipinski definition) is 1. The van der Waals surface area contributed by atoms with Gasteiger partial charge in [0.05, 0.1) is 12.7 Å². The fraction of sp³-hybridized carbons (Fsp3) is 0.438. The number of nitrogens with zero attached hydrogens (tertiary/aromatic N) is 1. The van der Waals surface area contributed by atoms with Gasteiger partial charge in [-0.05, 0) is 44.7 Å². The zero-order valence-corrected chi connectivity index (χ0v) is 12.7. The van der Waals surface area contributed by atoms with Crippen LogP contribution in [0.15, 0.2) is 24.3 Å². The number of ether oxygens (including phenoxy) is 1. The van der Waals surface area contributed by atoms with Crippen LogP contribution in [-0.2, 0) is 16.1 Å². The van der Waals surface area contributed by atoms with E-state index >= 15 is 0 Å². The van der Waals surface area contributed by atoms with Gasteiger partial charge in [-0.25, -0.2) is 9.18 Å². The molecule has 4 nitrogen and oxygen atoms in total. The molecule has 0 radical (unpaired) electrons. The van der Waals surface area contributed by atoms with E-state index in [0.717, 1.165) is 18.2 Å². The van der Waals surface area contributed by atoms with E-state index in [4.69, 9.17) is 9.84 Å². The first kappa shape index (κ1) is 17.3. The van der Waals surface area contributed by atoms with Crippen molar-refractivity contribution in [2.45, 2.75) is 26.5 Å². The molecule has 0 aliphatic heterocycles. The summed E-state index contributed by atoms with van der Waals surface area (Å²) < 4.78 is 19.1. The molecule has 0 saturated carbocycles. The summed E-state index contributed by atoms with van der Waals surface area (Å²) in [6, 6.07) is 4.72. The molecule has 1 aromatic rings. The Kier molecular flexibility index (Phi) is 7.05. The molecular weight excluding hydrogens is 273 g/mol. The number of carboxylic acids is 1. The first-order valence-corrected chi connectivity index (χ1v) is 6.88. The minimum atomic E-state index is -1.09. The summed E-state index contributed by atoms with van der Waals surface area (Å²) in [5.74, 6) is -1.52. The lowest BCUT2D eigenvalue weighted by molar-refractivity contribution is -0.131. The molecule has 0 unspecified atom stereocenters. The average Bonchev–Trinajstić information content (AvgIpc) is 2.38. The number of carbonyl (C=O) groups is 1. The molecule has 0 heterocycles. The Morgan fingerprint density at radius 1 is 1.48 bits per heavy atom. The second kappa shape index (κ2) is 8.54. The quantitative estimate of drug-likeness (QED) is 0.749. The van der Waals surface area contributed by atoms with Crippen molar-refractivity contribution in [3.05, 3.63) is 41.2 Å². The van der Waals surface area contributed by atoms with Crippen molar-refractivity contribution in [3.8, 4) is 0 Å². The molecule has 5 heteroatoms. The molecule has 0 bridgehead atoms. The highest BCUT2D eigenvalue weighted by Crippen LogP contribution is 2.14. The third-order valence-corrected chi connectivity index (χ3v) is 2.84. The highest BCUT2D eigenvalue weighted by molar-refractivity contribution is 5.85. The SMILES string of the molecule is CC(C)OCCN(C)Cc1ccc(F)c(/C=C/C(=O)O)c1. The molecule has 0 saturated heterocycles. The molecule has 0 aromatic heterocycles. The molecule has 21 heavy (non-hydrogen) atoms. The van der Waals surface area contributed by atoms with Gasteiger partial charge in [0.15, 0.2) is 0 Å². The summed E-state index contributed by atoms with van der Waals surface area (Å²) in [6.45, 7) is 6.04. The lowest BCUT2D eigenvalue weighted by Crippen LogP contribution is -2.24. The van der Waals surface area contributed by atoms with Crippen LogP contribution in [0.4, 0.5) is 4.39 Å². The number of carboxylic acid groups (broad SMARTS) is 1. The maximum atomic E-state index is 13.6. The zero-order valence-electron chi connectivity index (χ0n) is 12.7. The van der Waals surface area contributed by atoms with Gasteiger partial charge in [-0.1, -0.05) is 6.07 Å². The van der Waals surface area contributed by atoms with Crippen LogP contribution in [0.2, 0.25) is 0 Å². The normalized spacial score (nSPS) is 11.7. The minimum Gasteiger partial charge on any atom is -0.478 e. The van der Waals surface area contributed by atoms with Crippen LogP contribution in [-0.4, -0.2) is 42.3 Å². The van der Waals surface area contributed by atoms with Crippen molar-refractivity contribution in [2.75, 3.05) is 20.2 Å². The fourth-order valence-electron chi connectivity index (χ4n) is 1.82. The van der Waals surface area contributed by atoms with Gasteiger partial charge in [0, 0.05) is 24.7 Å². The molecule has 0 atom stereocenters. The molecule has 0 amide bonds. The number of rotatable bonds is 8. The Labute approximate surface area is 124 Å². The Hall–Kier alpha value is -1.72. The van der Waals surface area contributed by atoms with Crippen molar-refractivity contribution in [3.63, 3.8) is 0 Å². The van der Waals surface area contributed by atoms with Gasteiger partial charge in [0.1, 0.15) is 5.82 Å². The summed E-state index contributed by atoms with van der Waals surface area (Å²) in [5, 5.41) is 8.59. The average molecular weight is 295 g/mol. The van der Waals surface area contributed by atoms with Gasteiger partial charge >= 0.3 is 5.97 Å². The largest absolute Gasteiger partial charge is 0.478 e. The van der Waals surface area contributed by atoms with E-state index in [-0.39, 0.29) is 11.7 Å². The molecule has 116 valence electrons. The summed E-state index contributed by atoms with van der Waals surface area (Å²) in [6.07, 6.45) is 2.41. The maximum Gasteiger partial charge on any atom is 0.328 e. The first-order valence-electron chi connectivity index (χ1n) is 6.88. The van der Waals surface area contributed by atoms with Gasteiger partial charge in [0.2, 0.25) is 0 Å². The molecular formula is C16H22FNO3.